The summed E-state index contributed by atoms with van der Waals surface area (Å²) in [5.41, 5.74) is 0.179. The first-order valence-electron chi connectivity index (χ1n) is 6.41. The molecule has 0 saturated heterocycles. The highest BCUT2D eigenvalue weighted by atomic mass is 19.1. The van der Waals surface area contributed by atoms with E-state index < -0.39 is 11.7 Å². The van der Waals surface area contributed by atoms with Crippen LogP contribution < -0.4 is 5.32 Å². The molecule has 2 heterocycles. The minimum atomic E-state index is -0.542. The number of aromatic nitrogens is 4. The molecule has 2 aromatic heterocycles. The van der Waals surface area contributed by atoms with E-state index in [0.29, 0.717) is 5.82 Å². The molecule has 6 nitrogen and oxygen atoms in total. The van der Waals surface area contributed by atoms with Crippen LogP contribution in [-0.4, -0.2) is 25.7 Å². The Morgan fingerprint density at radius 2 is 2.30 bits per heavy atom. The maximum absolute atomic E-state index is 13.0. The molecule has 2 rings (SSSR count). The second-order valence-electron chi connectivity index (χ2n) is 4.43. The largest absolute Gasteiger partial charge is 0.342 e. The summed E-state index contributed by atoms with van der Waals surface area (Å²) in [7, 11) is 0. The Morgan fingerprint density at radius 3 is 3.00 bits per heavy atom. The molecule has 0 aliphatic carbocycles. The Labute approximate surface area is 116 Å². The molecule has 0 radical (unpaired) electrons. The Kier molecular flexibility index (Phi) is 4.39. The molecule has 7 heteroatoms. The minimum absolute atomic E-state index is 0.179. The van der Waals surface area contributed by atoms with Gasteiger partial charge in [-0.25, -0.2) is 14.1 Å². The van der Waals surface area contributed by atoms with E-state index in [1.807, 2.05) is 6.92 Å². The third kappa shape index (κ3) is 3.17. The van der Waals surface area contributed by atoms with Crippen molar-refractivity contribution < 1.29 is 9.18 Å². The number of nitrogens with zero attached hydrogens (tertiary/aromatic N) is 4. The van der Waals surface area contributed by atoms with Crippen molar-refractivity contribution in [1.82, 2.24) is 25.1 Å². The average molecular weight is 277 g/mol. The zero-order valence-corrected chi connectivity index (χ0v) is 11.4. The summed E-state index contributed by atoms with van der Waals surface area (Å²) in [5, 5.41) is 6.86. The van der Waals surface area contributed by atoms with E-state index in [-0.39, 0.29) is 11.6 Å². The van der Waals surface area contributed by atoms with Crippen molar-refractivity contribution in [3.63, 3.8) is 0 Å². The van der Waals surface area contributed by atoms with E-state index in [9.17, 15) is 9.18 Å². The summed E-state index contributed by atoms with van der Waals surface area (Å²) < 4.78 is 14.8. The van der Waals surface area contributed by atoms with Crippen LogP contribution in [0.4, 0.5) is 4.39 Å². The molecule has 20 heavy (non-hydrogen) atoms. The smallest absolute Gasteiger partial charge is 0.253 e. The summed E-state index contributed by atoms with van der Waals surface area (Å²) in [6.07, 6.45) is 4.75. The lowest BCUT2D eigenvalue weighted by molar-refractivity contribution is 0.0936. The summed E-state index contributed by atoms with van der Waals surface area (Å²) in [5.74, 6) is -0.264. The Hall–Kier alpha value is -2.31. The first-order valence-corrected chi connectivity index (χ1v) is 6.41. The summed E-state index contributed by atoms with van der Waals surface area (Å²) >= 11 is 0. The quantitative estimate of drug-likeness (QED) is 0.903. The molecule has 0 fully saturated rings. The number of pyridine rings is 1. The van der Waals surface area contributed by atoms with E-state index in [2.05, 4.69) is 20.4 Å². The van der Waals surface area contributed by atoms with Gasteiger partial charge in [0.2, 0.25) is 0 Å². The van der Waals surface area contributed by atoms with Crippen LogP contribution in [0.15, 0.2) is 24.8 Å². The topological polar surface area (TPSA) is 72.7 Å². The average Bonchev–Trinajstić information content (AvgIpc) is 2.87. The molecule has 2 aromatic rings. The van der Waals surface area contributed by atoms with Gasteiger partial charge in [-0.1, -0.05) is 6.92 Å². The molecule has 0 bridgehead atoms. The van der Waals surface area contributed by atoms with E-state index in [1.165, 1.54) is 12.5 Å². The summed E-state index contributed by atoms with van der Waals surface area (Å²) in [6, 6.07) is 0.825. The standard InChI is InChI=1S/C13H16FN5O/c1-3-4-19-12(16-8-17-19)9(2)18-13(20)10-5-11(14)7-15-6-10/h5-9H,3-4H2,1-2H3,(H,18,20). The van der Waals surface area contributed by atoms with Gasteiger partial charge in [0.05, 0.1) is 17.8 Å². The van der Waals surface area contributed by atoms with E-state index in [0.717, 1.165) is 25.2 Å². The molecule has 1 N–H and O–H groups in total. The molecule has 0 saturated carbocycles. The van der Waals surface area contributed by atoms with Gasteiger partial charge in [-0.3, -0.25) is 9.78 Å². The summed E-state index contributed by atoms with van der Waals surface area (Å²) in [4.78, 5) is 19.8. The normalized spacial score (nSPS) is 12.2. The first-order chi connectivity index (χ1) is 9.61. The number of rotatable bonds is 5. The molecule has 0 aliphatic rings. The number of hydrogen-bond donors (Lipinski definition) is 1. The van der Waals surface area contributed by atoms with Crippen LogP contribution in [0.1, 0.15) is 42.5 Å². The molecular formula is C13H16FN5O. The van der Waals surface area contributed by atoms with Crippen molar-refractivity contribution in [3.05, 3.63) is 42.0 Å². The molecule has 106 valence electrons. The van der Waals surface area contributed by atoms with Gasteiger partial charge in [0.1, 0.15) is 18.0 Å². The predicted octanol–water partition coefficient (Wildman–Crippen LogP) is 1.71. The van der Waals surface area contributed by atoms with Gasteiger partial charge in [-0.05, 0) is 19.4 Å². The molecule has 1 atom stereocenters. The lowest BCUT2D eigenvalue weighted by Gasteiger charge is -2.14. The highest BCUT2D eigenvalue weighted by molar-refractivity contribution is 5.94. The highest BCUT2D eigenvalue weighted by Gasteiger charge is 2.16. The zero-order valence-electron chi connectivity index (χ0n) is 11.4. The monoisotopic (exact) mass is 277 g/mol. The van der Waals surface area contributed by atoms with Gasteiger partial charge in [-0.2, -0.15) is 5.10 Å². The second kappa shape index (κ2) is 6.23. The fourth-order valence-electron chi connectivity index (χ4n) is 1.87. The number of carbonyl (C=O) groups excluding carboxylic acids is 1. The van der Waals surface area contributed by atoms with Crippen LogP contribution in [-0.2, 0) is 6.54 Å². The van der Waals surface area contributed by atoms with Crippen molar-refractivity contribution in [2.75, 3.05) is 0 Å². The first kappa shape index (κ1) is 14.1. The maximum atomic E-state index is 13.0. The number of hydrogen-bond acceptors (Lipinski definition) is 4. The molecule has 0 aromatic carbocycles. The number of nitrogens with one attached hydrogen (secondary N) is 1. The van der Waals surface area contributed by atoms with Gasteiger partial charge >= 0.3 is 0 Å². The van der Waals surface area contributed by atoms with E-state index in [4.69, 9.17) is 0 Å². The van der Waals surface area contributed by atoms with E-state index in [1.54, 1.807) is 11.6 Å². The van der Waals surface area contributed by atoms with Gasteiger partial charge in [-0.15, -0.1) is 0 Å². The molecule has 0 spiro atoms. The SMILES string of the molecule is CCCn1ncnc1C(C)NC(=O)c1cncc(F)c1. The fourth-order valence-corrected chi connectivity index (χ4v) is 1.87. The van der Waals surface area contributed by atoms with Crippen molar-refractivity contribution >= 4 is 5.91 Å². The number of aryl methyl sites for hydroxylation is 1. The third-order valence-corrected chi connectivity index (χ3v) is 2.78. The van der Waals surface area contributed by atoms with Gasteiger partial charge in [0, 0.05) is 12.7 Å². The molecule has 1 unspecified atom stereocenters. The van der Waals surface area contributed by atoms with Crippen molar-refractivity contribution in [2.45, 2.75) is 32.9 Å². The van der Waals surface area contributed by atoms with Crippen LogP contribution in [0.5, 0.6) is 0 Å². The third-order valence-electron chi connectivity index (χ3n) is 2.78. The Morgan fingerprint density at radius 1 is 1.50 bits per heavy atom. The van der Waals surface area contributed by atoms with E-state index >= 15 is 0 Å². The molecule has 1 amide bonds. The van der Waals surface area contributed by atoms with Crippen LogP contribution >= 0.6 is 0 Å². The van der Waals surface area contributed by atoms with Crippen LogP contribution in [0.3, 0.4) is 0 Å². The predicted molar refractivity (Wildman–Crippen MR) is 70.4 cm³/mol. The molecule has 0 aliphatic heterocycles. The number of halogens is 1. The lowest BCUT2D eigenvalue weighted by Crippen LogP contribution is -2.29. The fraction of sp³-hybridized carbons (Fsp3) is 0.385. The maximum Gasteiger partial charge on any atom is 0.253 e. The van der Waals surface area contributed by atoms with Crippen LogP contribution in [0.25, 0.3) is 0 Å². The zero-order chi connectivity index (χ0) is 14.5. The highest BCUT2D eigenvalue weighted by Crippen LogP contribution is 2.10. The number of carbonyl (C=O) groups is 1. The van der Waals surface area contributed by atoms with Crippen LogP contribution in [0.2, 0.25) is 0 Å². The van der Waals surface area contributed by atoms with Crippen LogP contribution in [0, 0.1) is 5.82 Å². The number of amides is 1. The van der Waals surface area contributed by atoms with Crippen molar-refractivity contribution in [3.8, 4) is 0 Å². The molecular weight excluding hydrogens is 261 g/mol. The summed E-state index contributed by atoms with van der Waals surface area (Å²) in [6.45, 7) is 4.57. The Bertz CT molecular complexity index is 598. The Balaban J connectivity index is 2.09. The van der Waals surface area contributed by atoms with Gasteiger partial charge in [0.15, 0.2) is 0 Å². The lowest BCUT2D eigenvalue weighted by atomic mass is 10.2. The van der Waals surface area contributed by atoms with Gasteiger partial charge < -0.3 is 5.32 Å². The van der Waals surface area contributed by atoms with Crippen molar-refractivity contribution in [1.29, 1.82) is 0 Å². The van der Waals surface area contributed by atoms with Crippen molar-refractivity contribution in [2.24, 2.45) is 0 Å². The second-order valence-corrected chi connectivity index (χ2v) is 4.43. The van der Waals surface area contributed by atoms with Gasteiger partial charge in [0.25, 0.3) is 5.91 Å². The minimum Gasteiger partial charge on any atom is -0.342 e.